The van der Waals surface area contributed by atoms with Crippen LogP contribution in [0.25, 0.3) is 0 Å². The van der Waals surface area contributed by atoms with Gasteiger partial charge < -0.3 is 5.11 Å². The smallest absolute Gasteiger partial charge is 0.0543 e. The van der Waals surface area contributed by atoms with Crippen LogP contribution in [-0.2, 0) is 10.8 Å². The van der Waals surface area contributed by atoms with Gasteiger partial charge in [0.15, 0.2) is 0 Å². The summed E-state index contributed by atoms with van der Waals surface area (Å²) in [5, 5.41) is 9.19. The molecule has 3 heteroatoms. The van der Waals surface area contributed by atoms with E-state index in [0.717, 1.165) is 31.4 Å². The average Bonchev–Trinajstić information content (AvgIpc) is 2.31. The zero-order valence-electron chi connectivity index (χ0n) is 6.95. The minimum absolute atomic E-state index is 0.0784. The van der Waals surface area contributed by atoms with Crippen LogP contribution in [0.1, 0.15) is 25.7 Å². The van der Waals surface area contributed by atoms with E-state index in [9.17, 15) is 9.32 Å². The predicted octanol–water partition coefficient (Wildman–Crippen LogP) is 0.916. The lowest BCUT2D eigenvalue weighted by Crippen LogP contribution is -2.04. The summed E-state index contributed by atoms with van der Waals surface area (Å²) in [6.07, 6.45) is 5.69. The standard InChI is InChI=1S/C8H16O2S/c1-11(10)5-4-7-2-3-8(9)6-7/h7-9H,2-6H2,1H3. The first-order valence-corrected chi connectivity index (χ1v) is 5.89. The first-order chi connectivity index (χ1) is 5.18. The second-order valence-electron chi connectivity index (χ2n) is 3.40. The van der Waals surface area contributed by atoms with Gasteiger partial charge in [-0.2, -0.15) is 0 Å². The van der Waals surface area contributed by atoms with Gasteiger partial charge in [-0.1, -0.05) is 0 Å². The molecular formula is C8H16O2S. The van der Waals surface area contributed by atoms with Crippen LogP contribution in [0.4, 0.5) is 0 Å². The Morgan fingerprint density at radius 3 is 2.73 bits per heavy atom. The van der Waals surface area contributed by atoms with E-state index in [1.54, 1.807) is 6.26 Å². The van der Waals surface area contributed by atoms with E-state index < -0.39 is 10.8 Å². The highest BCUT2D eigenvalue weighted by Gasteiger charge is 2.22. The summed E-state index contributed by atoms with van der Waals surface area (Å²) in [4.78, 5) is 0. The van der Waals surface area contributed by atoms with Gasteiger partial charge in [-0.25, -0.2) is 0 Å². The maximum Gasteiger partial charge on any atom is 0.0543 e. The molecule has 0 amide bonds. The van der Waals surface area contributed by atoms with Crippen molar-refractivity contribution < 1.29 is 9.32 Å². The maximum atomic E-state index is 10.7. The van der Waals surface area contributed by atoms with Crippen molar-refractivity contribution in [1.82, 2.24) is 0 Å². The molecule has 0 aromatic heterocycles. The molecule has 0 aromatic carbocycles. The third-order valence-corrected chi connectivity index (χ3v) is 3.14. The molecule has 1 rings (SSSR count). The van der Waals surface area contributed by atoms with Crippen molar-refractivity contribution in [2.45, 2.75) is 31.8 Å². The van der Waals surface area contributed by atoms with Crippen molar-refractivity contribution in [1.29, 1.82) is 0 Å². The molecule has 0 spiro atoms. The molecule has 0 aromatic rings. The molecule has 66 valence electrons. The molecule has 0 heterocycles. The minimum Gasteiger partial charge on any atom is -0.393 e. The molecule has 1 saturated carbocycles. The number of rotatable bonds is 3. The second kappa shape index (κ2) is 4.21. The highest BCUT2D eigenvalue weighted by Crippen LogP contribution is 2.27. The van der Waals surface area contributed by atoms with Gasteiger partial charge in [-0.05, 0) is 31.6 Å². The lowest BCUT2D eigenvalue weighted by atomic mass is 10.1. The molecule has 0 saturated heterocycles. The Balaban J connectivity index is 2.13. The third kappa shape index (κ3) is 3.34. The van der Waals surface area contributed by atoms with Gasteiger partial charge in [0, 0.05) is 22.8 Å². The molecule has 1 aliphatic rings. The Hall–Kier alpha value is 0.110. The summed E-state index contributed by atoms with van der Waals surface area (Å²) in [5.41, 5.74) is 0. The van der Waals surface area contributed by atoms with Crippen LogP contribution < -0.4 is 0 Å². The van der Waals surface area contributed by atoms with Gasteiger partial charge in [-0.15, -0.1) is 0 Å². The molecule has 2 nitrogen and oxygen atoms in total. The first-order valence-electron chi connectivity index (χ1n) is 4.16. The predicted molar refractivity (Wildman–Crippen MR) is 46.9 cm³/mol. The third-order valence-electron chi connectivity index (χ3n) is 2.33. The zero-order chi connectivity index (χ0) is 8.27. The molecule has 0 radical (unpaired) electrons. The van der Waals surface area contributed by atoms with Crippen LogP contribution in [0.15, 0.2) is 0 Å². The number of aliphatic hydroxyl groups excluding tert-OH is 1. The fourth-order valence-corrected chi connectivity index (χ4v) is 2.31. The van der Waals surface area contributed by atoms with E-state index in [4.69, 9.17) is 0 Å². The van der Waals surface area contributed by atoms with Gasteiger partial charge in [-0.3, -0.25) is 4.21 Å². The van der Waals surface area contributed by atoms with Crippen LogP contribution in [-0.4, -0.2) is 27.4 Å². The lowest BCUT2D eigenvalue weighted by molar-refractivity contribution is 0.177. The van der Waals surface area contributed by atoms with Crippen LogP contribution in [0.3, 0.4) is 0 Å². The monoisotopic (exact) mass is 176 g/mol. The number of hydrogen-bond donors (Lipinski definition) is 1. The van der Waals surface area contributed by atoms with Crippen molar-refractivity contribution in [3.05, 3.63) is 0 Å². The average molecular weight is 176 g/mol. The van der Waals surface area contributed by atoms with Gasteiger partial charge >= 0.3 is 0 Å². The van der Waals surface area contributed by atoms with Gasteiger partial charge in [0.1, 0.15) is 0 Å². The summed E-state index contributed by atoms with van der Waals surface area (Å²) in [6, 6.07) is 0. The molecule has 3 atom stereocenters. The fraction of sp³-hybridized carbons (Fsp3) is 1.00. The van der Waals surface area contributed by atoms with Crippen molar-refractivity contribution >= 4 is 10.8 Å². The lowest BCUT2D eigenvalue weighted by Gasteiger charge is -2.06. The summed E-state index contributed by atoms with van der Waals surface area (Å²) < 4.78 is 10.7. The van der Waals surface area contributed by atoms with E-state index in [0.29, 0.717) is 5.92 Å². The quantitative estimate of drug-likeness (QED) is 0.694. The largest absolute Gasteiger partial charge is 0.393 e. The highest BCUT2D eigenvalue weighted by molar-refractivity contribution is 7.84. The Morgan fingerprint density at radius 1 is 1.55 bits per heavy atom. The Labute approximate surface area is 70.5 Å². The fourth-order valence-electron chi connectivity index (χ4n) is 1.64. The summed E-state index contributed by atoms with van der Waals surface area (Å²) in [7, 11) is -0.654. The molecule has 3 unspecified atom stereocenters. The Bertz CT molecular complexity index is 147. The molecule has 1 N–H and O–H groups in total. The van der Waals surface area contributed by atoms with Crippen molar-refractivity contribution in [3.8, 4) is 0 Å². The van der Waals surface area contributed by atoms with Gasteiger partial charge in [0.2, 0.25) is 0 Å². The van der Waals surface area contributed by atoms with E-state index in [2.05, 4.69) is 0 Å². The normalized spacial score (nSPS) is 34.0. The summed E-state index contributed by atoms with van der Waals surface area (Å²) >= 11 is 0. The van der Waals surface area contributed by atoms with E-state index in [1.165, 1.54) is 0 Å². The first kappa shape index (κ1) is 9.20. The topological polar surface area (TPSA) is 37.3 Å². The van der Waals surface area contributed by atoms with Crippen LogP contribution in [0.5, 0.6) is 0 Å². The molecule has 11 heavy (non-hydrogen) atoms. The summed E-state index contributed by atoms with van der Waals surface area (Å²) in [5.74, 6) is 1.44. The summed E-state index contributed by atoms with van der Waals surface area (Å²) in [6.45, 7) is 0. The van der Waals surface area contributed by atoms with E-state index in [1.807, 2.05) is 0 Å². The van der Waals surface area contributed by atoms with E-state index >= 15 is 0 Å². The van der Waals surface area contributed by atoms with Crippen molar-refractivity contribution in [3.63, 3.8) is 0 Å². The number of hydrogen-bond acceptors (Lipinski definition) is 2. The SMILES string of the molecule is CS(=O)CCC1CCC(O)C1. The maximum absolute atomic E-state index is 10.7. The molecular weight excluding hydrogens is 160 g/mol. The molecule has 1 aliphatic carbocycles. The van der Waals surface area contributed by atoms with Gasteiger partial charge in [0.25, 0.3) is 0 Å². The van der Waals surface area contributed by atoms with Crippen LogP contribution in [0, 0.1) is 5.92 Å². The Kier molecular flexibility index (Phi) is 3.52. The second-order valence-corrected chi connectivity index (χ2v) is 4.95. The molecule has 0 bridgehead atoms. The minimum atomic E-state index is -0.654. The highest BCUT2D eigenvalue weighted by atomic mass is 32.2. The Morgan fingerprint density at radius 2 is 2.27 bits per heavy atom. The van der Waals surface area contributed by atoms with Crippen molar-refractivity contribution in [2.24, 2.45) is 5.92 Å². The van der Waals surface area contributed by atoms with Gasteiger partial charge in [0.05, 0.1) is 6.10 Å². The van der Waals surface area contributed by atoms with E-state index in [-0.39, 0.29) is 6.10 Å². The van der Waals surface area contributed by atoms with Crippen LogP contribution >= 0.6 is 0 Å². The van der Waals surface area contributed by atoms with Crippen molar-refractivity contribution in [2.75, 3.05) is 12.0 Å². The van der Waals surface area contributed by atoms with Crippen LogP contribution in [0.2, 0.25) is 0 Å². The molecule has 1 fully saturated rings. The number of aliphatic hydroxyl groups is 1. The zero-order valence-corrected chi connectivity index (χ0v) is 7.77. The molecule has 0 aliphatic heterocycles.